The highest BCUT2D eigenvalue weighted by Gasteiger charge is 2.31. The van der Waals surface area contributed by atoms with Gasteiger partial charge in [0.1, 0.15) is 0 Å². The Bertz CT molecular complexity index is 883. The summed E-state index contributed by atoms with van der Waals surface area (Å²) in [6, 6.07) is 20.1. The molecule has 0 N–H and O–H groups in total. The van der Waals surface area contributed by atoms with Gasteiger partial charge < -0.3 is 0 Å². The van der Waals surface area contributed by atoms with E-state index in [4.69, 9.17) is 0 Å². The standard InChI is InChI=1S/C23H25N3/c1-2-8-22(9-3-1)26-17-19(14-24-26)16-25-15-18-10-11-23(25)13-21-7-5-4-6-20(21)12-18/h1-9,14,17-18,23H,10-13,15-16H2/t18-,23+/m0/s1. The third-order valence-corrected chi connectivity index (χ3v) is 6.04. The molecule has 3 nitrogen and oxygen atoms in total. The van der Waals surface area contributed by atoms with Crippen LogP contribution in [0.3, 0.4) is 0 Å². The van der Waals surface area contributed by atoms with Crippen molar-refractivity contribution in [3.63, 3.8) is 0 Å². The first-order chi connectivity index (χ1) is 12.8. The predicted octanol–water partition coefficient (Wildman–Crippen LogP) is 4.25. The van der Waals surface area contributed by atoms with Crippen molar-refractivity contribution >= 4 is 0 Å². The number of aromatic nitrogens is 2. The molecule has 1 aromatic heterocycles. The molecule has 26 heavy (non-hydrogen) atoms. The second-order valence-electron chi connectivity index (χ2n) is 7.83. The van der Waals surface area contributed by atoms with Crippen LogP contribution in [0.5, 0.6) is 0 Å². The van der Waals surface area contributed by atoms with Crippen molar-refractivity contribution in [3.05, 3.63) is 83.7 Å². The second-order valence-corrected chi connectivity index (χ2v) is 7.83. The Morgan fingerprint density at radius 1 is 0.885 bits per heavy atom. The number of hydrogen-bond donors (Lipinski definition) is 0. The van der Waals surface area contributed by atoms with E-state index in [-0.39, 0.29) is 0 Å². The number of fused-ring (bicyclic) bond motifs is 2. The Morgan fingerprint density at radius 3 is 2.50 bits per heavy atom. The molecule has 132 valence electrons. The van der Waals surface area contributed by atoms with E-state index in [1.807, 2.05) is 16.9 Å². The van der Waals surface area contributed by atoms with Gasteiger partial charge in [-0.1, -0.05) is 42.5 Å². The Morgan fingerprint density at radius 2 is 1.65 bits per heavy atom. The lowest BCUT2D eigenvalue weighted by molar-refractivity contribution is 0.0938. The molecule has 1 fully saturated rings. The predicted molar refractivity (Wildman–Crippen MR) is 104 cm³/mol. The molecule has 0 amide bonds. The van der Waals surface area contributed by atoms with Crippen LogP contribution in [-0.4, -0.2) is 27.3 Å². The number of piperidine rings is 1. The number of benzene rings is 2. The summed E-state index contributed by atoms with van der Waals surface area (Å²) < 4.78 is 1.99. The smallest absolute Gasteiger partial charge is 0.0645 e. The Balaban J connectivity index is 1.36. The van der Waals surface area contributed by atoms with Crippen LogP contribution in [0, 0.1) is 5.92 Å². The van der Waals surface area contributed by atoms with Crippen LogP contribution in [0.2, 0.25) is 0 Å². The van der Waals surface area contributed by atoms with Gasteiger partial charge in [0.15, 0.2) is 0 Å². The molecule has 3 heteroatoms. The van der Waals surface area contributed by atoms with Crippen molar-refractivity contribution in [2.75, 3.05) is 6.54 Å². The highest BCUT2D eigenvalue weighted by Crippen LogP contribution is 2.33. The SMILES string of the molecule is c1ccc(-n2cc(CN3C[C@H]4CC[C@@H]3Cc3ccccc3C4)cn2)cc1. The van der Waals surface area contributed by atoms with Crippen molar-refractivity contribution in [2.24, 2.45) is 5.92 Å². The molecule has 3 heterocycles. The summed E-state index contributed by atoms with van der Waals surface area (Å²) in [6.07, 6.45) is 9.35. The van der Waals surface area contributed by atoms with Gasteiger partial charge in [0.05, 0.1) is 11.9 Å². The quantitative estimate of drug-likeness (QED) is 0.709. The third kappa shape index (κ3) is 3.08. The highest BCUT2D eigenvalue weighted by molar-refractivity contribution is 5.32. The topological polar surface area (TPSA) is 21.1 Å². The maximum atomic E-state index is 4.58. The summed E-state index contributed by atoms with van der Waals surface area (Å²) in [5, 5.41) is 4.58. The number of para-hydroxylation sites is 1. The normalized spacial score (nSPS) is 22.6. The van der Waals surface area contributed by atoms with E-state index in [9.17, 15) is 0 Å². The molecule has 1 saturated heterocycles. The average Bonchev–Trinajstić information content (AvgIpc) is 3.12. The Kier molecular flexibility index (Phi) is 4.10. The molecule has 3 aromatic rings. The second kappa shape index (κ2) is 6.73. The van der Waals surface area contributed by atoms with Crippen molar-refractivity contribution in [3.8, 4) is 5.69 Å². The largest absolute Gasteiger partial charge is 0.295 e. The van der Waals surface area contributed by atoms with Crippen molar-refractivity contribution in [1.29, 1.82) is 0 Å². The van der Waals surface area contributed by atoms with Crippen molar-refractivity contribution in [1.82, 2.24) is 14.7 Å². The summed E-state index contributed by atoms with van der Waals surface area (Å²) in [5.41, 5.74) is 5.58. The van der Waals surface area contributed by atoms with Gasteiger partial charge in [0.2, 0.25) is 0 Å². The summed E-state index contributed by atoms with van der Waals surface area (Å²) in [5.74, 6) is 0.789. The fraction of sp³-hybridized carbons (Fsp3) is 0.348. The molecule has 3 aliphatic rings. The van der Waals surface area contributed by atoms with E-state index in [1.54, 1.807) is 11.1 Å². The minimum Gasteiger partial charge on any atom is -0.295 e. The lowest BCUT2D eigenvalue weighted by Gasteiger charge is -2.42. The zero-order valence-electron chi connectivity index (χ0n) is 15.1. The first-order valence-electron chi connectivity index (χ1n) is 9.75. The molecule has 0 radical (unpaired) electrons. The monoisotopic (exact) mass is 343 g/mol. The molecular formula is C23H25N3. The molecule has 0 unspecified atom stereocenters. The summed E-state index contributed by atoms with van der Waals surface area (Å²) >= 11 is 0. The van der Waals surface area contributed by atoms with E-state index in [0.29, 0.717) is 6.04 Å². The first-order valence-corrected chi connectivity index (χ1v) is 9.75. The van der Waals surface area contributed by atoms with Gasteiger partial charge in [0.25, 0.3) is 0 Å². The molecule has 6 rings (SSSR count). The van der Waals surface area contributed by atoms with Gasteiger partial charge in [-0.2, -0.15) is 5.10 Å². The van der Waals surface area contributed by atoms with Crippen LogP contribution in [0.15, 0.2) is 67.0 Å². The number of hydrogen-bond acceptors (Lipinski definition) is 2. The Labute approximate surface area is 155 Å². The van der Waals surface area contributed by atoms with Crippen LogP contribution < -0.4 is 0 Å². The summed E-state index contributed by atoms with van der Waals surface area (Å²) in [4.78, 5) is 2.70. The average molecular weight is 343 g/mol. The molecule has 1 aliphatic carbocycles. The lowest BCUT2D eigenvalue weighted by atomic mass is 9.80. The van der Waals surface area contributed by atoms with Crippen LogP contribution >= 0.6 is 0 Å². The van der Waals surface area contributed by atoms with E-state index < -0.39 is 0 Å². The molecular weight excluding hydrogens is 318 g/mol. The maximum Gasteiger partial charge on any atom is 0.0645 e. The van der Waals surface area contributed by atoms with Gasteiger partial charge >= 0.3 is 0 Å². The number of rotatable bonds is 3. The van der Waals surface area contributed by atoms with E-state index in [0.717, 1.165) is 18.2 Å². The van der Waals surface area contributed by atoms with Gasteiger partial charge in [0, 0.05) is 30.9 Å². The zero-order valence-corrected chi connectivity index (χ0v) is 15.1. The molecule has 0 spiro atoms. The minimum absolute atomic E-state index is 0.660. The molecule has 2 aliphatic heterocycles. The minimum atomic E-state index is 0.660. The Hall–Kier alpha value is -2.39. The maximum absolute atomic E-state index is 4.58. The van der Waals surface area contributed by atoms with Crippen molar-refractivity contribution in [2.45, 2.75) is 38.3 Å². The van der Waals surface area contributed by atoms with E-state index in [1.165, 1.54) is 37.8 Å². The summed E-state index contributed by atoms with van der Waals surface area (Å²) in [6.45, 7) is 2.23. The lowest BCUT2D eigenvalue weighted by Crippen LogP contribution is -2.46. The third-order valence-electron chi connectivity index (χ3n) is 6.04. The van der Waals surface area contributed by atoms with Crippen LogP contribution in [0.4, 0.5) is 0 Å². The molecule has 2 atom stereocenters. The van der Waals surface area contributed by atoms with E-state index >= 15 is 0 Å². The molecule has 2 bridgehead atoms. The van der Waals surface area contributed by atoms with Gasteiger partial charge in [-0.25, -0.2) is 4.68 Å². The summed E-state index contributed by atoms with van der Waals surface area (Å²) in [7, 11) is 0. The molecule has 0 saturated carbocycles. The van der Waals surface area contributed by atoms with Gasteiger partial charge in [-0.3, -0.25) is 4.90 Å². The fourth-order valence-corrected chi connectivity index (χ4v) is 4.69. The van der Waals surface area contributed by atoms with Crippen molar-refractivity contribution < 1.29 is 0 Å². The van der Waals surface area contributed by atoms with Gasteiger partial charge in [-0.05, 0) is 54.9 Å². The fourth-order valence-electron chi connectivity index (χ4n) is 4.69. The van der Waals surface area contributed by atoms with Crippen LogP contribution in [-0.2, 0) is 19.4 Å². The van der Waals surface area contributed by atoms with E-state index in [2.05, 4.69) is 64.7 Å². The van der Waals surface area contributed by atoms with Crippen LogP contribution in [0.25, 0.3) is 5.69 Å². The number of nitrogens with zero attached hydrogens (tertiary/aromatic N) is 3. The zero-order chi connectivity index (χ0) is 17.3. The molecule has 2 aromatic carbocycles. The highest BCUT2D eigenvalue weighted by atomic mass is 15.3. The van der Waals surface area contributed by atoms with Crippen LogP contribution in [0.1, 0.15) is 29.5 Å². The van der Waals surface area contributed by atoms with Gasteiger partial charge in [-0.15, -0.1) is 0 Å². The first kappa shape index (κ1) is 15.8.